The molecule has 162 valence electrons. The first-order valence-electron chi connectivity index (χ1n) is 7.57. The van der Waals surface area contributed by atoms with Gasteiger partial charge in [0.05, 0.1) is 13.2 Å². The molecule has 1 amide bonds. The second kappa shape index (κ2) is 19.1. The topological polar surface area (TPSA) is 205 Å². The van der Waals surface area contributed by atoms with E-state index in [0.29, 0.717) is 38.8 Å². The molecule has 14 heteroatoms. The lowest BCUT2D eigenvalue weighted by Gasteiger charge is -2.19. The molecule has 0 saturated carbocycles. The van der Waals surface area contributed by atoms with Gasteiger partial charge in [-0.25, -0.2) is 4.79 Å². The van der Waals surface area contributed by atoms with Gasteiger partial charge in [0.25, 0.3) is 0 Å². The Morgan fingerprint density at radius 1 is 0.963 bits per heavy atom. The molecule has 0 aromatic carbocycles. The summed E-state index contributed by atoms with van der Waals surface area (Å²) in [6.45, 7) is 0.842. The van der Waals surface area contributed by atoms with Crippen LogP contribution in [0.4, 0.5) is 0 Å². The van der Waals surface area contributed by atoms with Crippen LogP contribution in [0.5, 0.6) is 0 Å². The van der Waals surface area contributed by atoms with E-state index >= 15 is 0 Å². The normalized spacial score (nSPS) is 11.2. The van der Waals surface area contributed by atoms with E-state index in [1.54, 1.807) is 0 Å². The summed E-state index contributed by atoms with van der Waals surface area (Å²) in [5, 5.41) is 21.8. The molecule has 0 spiro atoms. The molecule has 0 aliphatic carbocycles. The largest absolute Gasteiger partial charge is 0.467 e. The van der Waals surface area contributed by atoms with Crippen LogP contribution in [-0.2, 0) is 14.3 Å². The Kier molecular flexibility index (Phi) is 23.3. The first-order chi connectivity index (χ1) is 11.3. The maximum Gasteiger partial charge on any atom is 0.328 e. The van der Waals surface area contributed by atoms with E-state index in [1.807, 2.05) is 0 Å². The van der Waals surface area contributed by atoms with E-state index in [2.05, 4.69) is 20.7 Å². The zero-order chi connectivity index (χ0) is 18.5. The number of hydrogen-bond donors (Lipinski definition) is 8. The van der Waals surface area contributed by atoms with Crippen LogP contribution in [0.3, 0.4) is 0 Å². The lowest BCUT2D eigenvalue weighted by atomic mass is 10.1. The zero-order valence-corrected chi connectivity index (χ0v) is 17.5. The number of nitrogens with one attached hydrogen (secondary N) is 5. The fraction of sp³-hybridized carbons (Fsp3) is 0.692. The van der Waals surface area contributed by atoms with Crippen LogP contribution in [0.15, 0.2) is 0 Å². The highest BCUT2D eigenvalue weighted by molar-refractivity contribution is 5.87. The van der Waals surface area contributed by atoms with Crippen molar-refractivity contribution in [2.45, 2.75) is 37.8 Å². The number of ether oxygens (including phenoxy) is 1. The van der Waals surface area contributed by atoms with Crippen molar-refractivity contribution in [2.75, 3.05) is 20.2 Å². The van der Waals surface area contributed by atoms with Gasteiger partial charge in [0, 0.05) is 13.1 Å². The standard InChI is InChI=1S/C13H28N8O3.3ClH/c1-24-11(23)9(5-3-7-20-13(17)18)21-10(22)8(14)4-2-6-19-12(15)16;;;/h8-9H,2-7,14H2,1H3,(H,21,22)(H4,15,16,19)(H4,17,18,20);3*1H/t8-,9-;;;/m0.../s1. The van der Waals surface area contributed by atoms with Crippen LogP contribution in [-0.4, -0.2) is 56.1 Å². The van der Waals surface area contributed by atoms with Gasteiger partial charge in [-0.15, -0.1) is 37.2 Å². The Morgan fingerprint density at radius 3 is 1.81 bits per heavy atom. The number of hydrogen-bond acceptors (Lipinski definition) is 6. The lowest BCUT2D eigenvalue weighted by Crippen LogP contribution is -2.49. The van der Waals surface area contributed by atoms with Gasteiger partial charge < -0.3 is 37.9 Å². The minimum absolute atomic E-state index is 0. The Balaban J connectivity index is -0.000000882. The van der Waals surface area contributed by atoms with Crippen LogP contribution in [0.25, 0.3) is 0 Å². The van der Waals surface area contributed by atoms with E-state index in [1.165, 1.54) is 7.11 Å². The van der Waals surface area contributed by atoms with Crippen LogP contribution >= 0.6 is 37.2 Å². The van der Waals surface area contributed by atoms with Crippen molar-refractivity contribution in [1.29, 1.82) is 10.8 Å². The second-order valence-corrected chi connectivity index (χ2v) is 5.16. The van der Waals surface area contributed by atoms with Gasteiger partial charge in [0.15, 0.2) is 11.9 Å². The Hall–Kier alpha value is -1.69. The molecular weight excluding hydrogens is 423 g/mol. The molecule has 0 aliphatic rings. The summed E-state index contributed by atoms with van der Waals surface area (Å²) in [7, 11) is 1.24. The summed E-state index contributed by atoms with van der Waals surface area (Å²) in [4.78, 5) is 23.8. The Labute approximate surface area is 177 Å². The Bertz CT molecular complexity index is 457. The predicted molar refractivity (Wildman–Crippen MR) is 112 cm³/mol. The maximum absolute atomic E-state index is 12.0. The van der Waals surface area contributed by atoms with Gasteiger partial charge in [-0.3, -0.25) is 15.6 Å². The van der Waals surface area contributed by atoms with E-state index in [9.17, 15) is 9.59 Å². The smallest absolute Gasteiger partial charge is 0.328 e. The molecule has 0 saturated heterocycles. The monoisotopic (exact) mass is 452 g/mol. The van der Waals surface area contributed by atoms with Gasteiger partial charge in [0.2, 0.25) is 5.91 Å². The number of methoxy groups -OCH3 is 1. The average molecular weight is 454 g/mol. The average Bonchev–Trinajstić information content (AvgIpc) is 2.52. The molecule has 0 fully saturated rings. The molecule has 0 rings (SSSR count). The number of esters is 1. The van der Waals surface area contributed by atoms with E-state index in [-0.39, 0.29) is 49.1 Å². The molecule has 0 unspecified atom stereocenters. The first kappa shape index (κ1) is 32.9. The summed E-state index contributed by atoms with van der Waals surface area (Å²) in [6, 6.07) is -1.58. The van der Waals surface area contributed by atoms with Gasteiger partial charge in [-0.05, 0) is 25.7 Å². The molecule has 0 radical (unpaired) electrons. The minimum Gasteiger partial charge on any atom is -0.467 e. The maximum atomic E-state index is 12.0. The quantitative estimate of drug-likeness (QED) is 0.0819. The predicted octanol–water partition coefficient (Wildman–Crippen LogP) is -1.24. The summed E-state index contributed by atoms with van der Waals surface area (Å²) in [5.41, 5.74) is 16.1. The van der Waals surface area contributed by atoms with Gasteiger partial charge >= 0.3 is 5.97 Å². The van der Waals surface area contributed by atoms with Crippen molar-refractivity contribution in [1.82, 2.24) is 16.0 Å². The van der Waals surface area contributed by atoms with Crippen LogP contribution in [0.2, 0.25) is 0 Å². The SMILES string of the molecule is COC(=O)[C@H](CCCNC(=N)N)NC(=O)[C@@H](N)CCCNC(=N)N.Cl.Cl.Cl. The van der Waals surface area contributed by atoms with E-state index in [4.69, 9.17) is 28.0 Å². The number of carbonyl (C=O) groups excluding carboxylic acids is 2. The second-order valence-electron chi connectivity index (χ2n) is 5.16. The summed E-state index contributed by atoms with van der Waals surface area (Å²) in [5.74, 6) is -1.31. The summed E-state index contributed by atoms with van der Waals surface area (Å²) < 4.78 is 4.67. The highest BCUT2D eigenvalue weighted by atomic mass is 35.5. The van der Waals surface area contributed by atoms with Crippen molar-refractivity contribution in [3.05, 3.63) is 0 Å². The third-order valence-electron chi connectivity index (χ3n) is 3.13. The van der Waals surface area contributed by atoms with Gasteiger partial charge in [0.1, 0.15) is 6.04 Å². The van der Waals surface area contributed by atoms with Gasteiger partial charge in [-0.2, -0.15) is 0 Å². The minimum atomic E-state index is -0.808. The Morgan fingerprint density at radius 2 is 1.41 bits per heavy atom. The number of guanidine groups is 2. The molecule has 11 nitrogen and oxygen atoms in total. The number of rotatable bonds is 11. The zero-order valence-electron chi connectivity index (χ0n) is 15.1. The number of nitrogens with two attached hydrogens (primary N) is 3. The van der Waals surface area contributed by atoms with E-state index in [0.717, 1.165) is 0 Å². The van der Waals surface area contributed by atoms with E-state index < -0.39 is 24.0 Å². The molecular formula is C13H31Cl3N8O3. The third-order valence-corrected chi connectivity index (χ3v) is 3.13. The van der Waals surface area contributed by atoms with Crippen molar-refractivity contribution in [3.63, 3.8) is 0 Å². The van der Waals surface area contributed by atoms with Crippen molar-refractivity contribution < 1.29 is 14.3 Å². The van der Waals surface area contributed by atoms with Crippen molar-refractivity contribution >= 4 is 61.0 Å². The highest BCUT2D eigenvalue weighted by Crippen LogP contribution is 2.02. The number of amides is 1. The molecule has 11 N–H and O–H groups in total. The molecule has 0 aliphatic heterocycles. The summed E-state index contributed by atoms with van der Waals surface area (Å²) in [6.07, 6.45) is 1.78. The fourth-order valence-electron chi connectivity index (χ4n) is 1.88. The molecule has 0 bridgehead atoms. The van der Waals surface area contributed by atoms with Crippen molar-refractivity contribution in [3.8, 4) is 0 Å². The third kappa shape index (κ3) is 17.5. The molecule has 2 atom stereocenters. The van der Waals surface area contributed by atoms with Gasteiger partial charge in [-0.1, -0.05) is 0 Å². The van der Waals surface area contributed by atoms with Crippen molar-refractivity contribution in [2.24, 2.45) is 17.2 Å². The lowest BCUT2D eigenvalue weighted by molar-refractivity contribution is -0.145. The molecule has 0 aromatic heterocycles. The first-order valence-corrected chi connectivity index (χ1v) is 7.57. The van der Waals surface area contributed by atoms with Crippen LogP contribution < -0.4 is 33.2 Å². The van der Waals surface area contributed by atoms with Crippen LogP contribution in [0.1, 0.15) is 25.7 Å². The summed E-state index contributed by atoms with van der Waals surface area (Å²) >= 11 is 0. The molecule has 0 heterocycles. The van der Waals surface area contributed by atoms with Crippen LogP contribution in [0, 0.1) is 10.8 Å². The molecule has 27 heavy (non-hydrogen) atoms. The number of halogens is 3. The number of carbonyl (C=O) groups is 2. The fourth-order valence-corrected chi connectivity index (χ4v) is 1.88. The molecule has 0 aromatic rings. The highest BCUT2D eigenvalue weighted by Gasteiger charge is 2.23.